The summed E-state index contributed by atoms with van der Waals surface area (Å²) in [6.45, 7) is 1.26. The molecule has 2 aromatic rings. The molecule has 0 bridgehead atoms. The Balaban J connectivity index is 1.48. The van der Waals surface area contributed by atoms with E-state index in [1.54, 1.807) is 18.4 Å². The van der Waals surface area contributed by atoms with Gasteiger partial charge in [0.2, 0.25) is 5.91 Å². The molecule has 29 heavy (non-hydrogen) atoms. The highest BCUT2D eigenvalue weighted by Gasteiger charge is 2.27. The first-order valence-corrected chi connectivity index (χ1v) is 11.2. The number of anilines is 1. The molecule has 1 aromatic heterocycles. The van der Waals surface area contributed by atoms with Gasteiger partial charge in [-0.3, -0.25) is 9.69 Å². The number of methoxy groups -OCH3 is 1. The fraction of sp³-hybridized carbons (Fsp3) is 0.478. The number of nitrogens with one attached hydrogen (secondary N) is 1. The van der Waals surface area contributed by atoms with Gasteiger partial charge in [0.05, 0.1) is 19.2 Å². The number of benzene rings is 1. The van der Waals surface area contributed by atoms with Crippen molar-refractivity contribution in [2.24, 2.45) is 0 Å². The fourth-order valence-electron chi connectivity index (χ4n) is 4.52. The number of hydrogen-bond acceptors (Lipinski definition) is 5. The van der Waals surface area contributed by atoms with Crippen LogP contribution in [-0.2, 0) is 17.6 Å². The molecule has 1 fully saturated rings. The van der Waals surface area contributed by atoms with Crippen molar-refractivity contribution in [3.8, 4) is 11.8 Å². The van der Waals surface area contributed by atoms with Crippen molar-refractivity contribution in [1.29, 1.82) is 5.26 Å². The van der Waals surface area contributed by atoms with Gasteiger partial charge in [0.15, 0.2) is 0 Å². The van der Waals surface area contributed by atoms with Crippen LogP contribution in [0.3, 0.4) is 0 Å². The Morgan fingerprint density at radius 2 is 2.07 bits per heavy atom. The minimum absolute atomic E-state index is 0.0261. The summed E-state index contributed by atoms with van der Waals surface area (Å²) in [6, 6.07) is 10.7. The van der Waals surface area contributed by atoms with E-state index in [2.05, 4.69) is 28.4 Å². The topological polar surface area (TPSA) is 65.4 Å². The number of amides is 1. The number of likely N-dealkylation sites (tertiary alicyclic amines) is 1. The summed E-state index contributed by atoms with van der Waals surface area (Å²) in [5, 5.41) is 13.3. The third kappa shape index (κ3) is 4.31. The van der Waals surface area contributed by atoms with Gasteiger partial charge in [0.25, 0.3) is 0 Å². The lowest BCUT2D eigenvalue weighted by Crippen LogP contribution is -2.36. The number of thiophene rings is 1. The van der Waals surface area contributed by atoms with E-state index in [0.717, 1.165) is 55.0 Å². The standard InChI is InChI=1S/C23H27N3O2S/c1-28-17-11-9-16(10-12-17)20-7-3-2-4-13-26(20)15-22(27)25-23-19(14-24)18-6-5-8-21(18)29-23/h9-12,20H,2-8,13,15H2,1H3,(H,25,27)/t20-/m1/s1. The van der Waals surface area contributed by atoms with Gasteiger partial charge in [-0.15, -0.1) is 11.3 Å². The Bertz CT molecular complexity index is 913. The zero-order valence-corrected chi connectivity index (χ0v) is 17.7. The Labute approximate surface area is 176 Å². The van der Waals surface area contributed by atoms with Crippen molar-refractivity contribution in [3.05, 3.63) is 45.8 Å². The van der Waals surface area contributed by atoms with Gasteiger partial charge in [-0.05, 0) is 61.9 Å². The van der Waals surface area contributed by atoms with Gasteiger partial charge < -0.3 is 10.1 Å². The van der Waals surface area contributed by atoms with E-state index in [4.69, 9.17) is 4.74 Å². The quantitative estimate of drug-likeness (QED) is 0.779. The summed E-state index contributed by atoms with van der Waals surface area (Å²) in [6.07, 6.45) is 7.62. The van der Waals surface area contributed by atoms with E-state index in [9.17, 15) is 10.1 Å². The first-order valence-electron chi connectivity index (χ1n) is 10.4. The molecule has 4 rings (SSSR count). The second-order valence-electron chi connectivity index (χ2n) is 7.83. The molecule has 1 atom stereocenters. The minimum atomic E-state index is -0.0261. The van der Waals surface area contributed by atoms with E-state index in [-0.39, 0.29) is 11.9 Å². The van der Waals surface area contributed by atoms with Crippen LogP contribution in [-0.4, -0.2) is 31.0 Å². The van der Waals surface area contributed by atoms with Crippen LogP contribution in [0.5, 0.6) is 5.75 Å². The predicted octanol–water partition coefficient (Wildman–Crippen LogP) is 4.67. The molecule has 2 aliphatic rings. The number of rotatable bonds is 5. The molecular weight excluding hydrogens is 382 g/mol. The number of aryl methyl sites for hydroxylation is 1. The maximum atomic E-state index is 12.9. The zero-order chi connectivity index (χ0) is 20.2. The number of nitriles is 1. The number of carbonyl (C=O) groups excluding carboxylic acids is 1. The first kappa shape index (κ1) is 19.9. The summed E-state index contributed by atoms with van der Waals surface area (Å²) >= 11 is 1.58. The van der Waals surface area contributed by atoms with Crippen LogP contribution < -0.4 is 10.1 Å². The number of hydrogen-bond donors (Lipinski definition) is 1. The van der Waals surface area contributed by atoms with Gasteiger partial charge in [0, 0.05) is 10.9 Å². The highest BCUT2D eigenvalue weighted by molar-refractivity contribution is 7.16. The molecule has 0 spiro atoms. The van der Waals surface area contributed by atoms with Crippen LogP contribution in [0, 0.1) is 11.3 Å². The van der Waals surface area contributed by atoms with Gasteiger partial charge >= 0.3 is 0 Å². The Morgan fingerprint density at radius 1 is 1.24 bits per heavy atom. The van der Waals surface area contributed by atoms with Crippen molar-refractivity contribution in [1.82, 2.24) is 4.90 Å². The first-order chi connectivity index (χ1) is 14.2. The van der Waals surface area contributed by atoms with E-state index in [0.29, 0.717) is 12.1 Å². The molecule has 0 unspecified atom stereocenters. The van der Waals surface area contributed by atoms with E-state index < -0.39 is 0 Å². The molecule has 1 N–H and O–H groups in total. The molecule has 1 amide bonds. The molecule has 6 heteroatoms. The van der Waals surface area contributed by atoms with Gasteiger partial charge in [-0.1, -0.05) is 25.0 Å². The maximum absolute atomic E-state index is 12.9. The number of nitrogens with zero attached hydrogens (tertiary/aromatic N) is 2. The summed E-state index contributed by atoms with van der Waals surface area (Å²) < 4.78 is 5.28. The Morgan fingerprint density at radius 3 is 2.83 bits per heavy atom. The number of ether oxygens (including phenoxy) is 1. The second-order valence-corrected chi connectivity index (χ2v) is 8.94. The fourth-order valence-corrected chi connectivity index (χ4v) is 5.78. The van der Waals surface area contributed by atoms with Crippen LogP contribution in [0.25, 0.3) is 0 Å². The Kier molecular flexibility index (Phi) is 6.17. The van der Waals surface area contributed by atoms with Crippen LogP contribution in [0.4, 0.5) is 5.00 Å². The average molecular weight is 410 g/mol. The lowest BCUT2D eigenvalue weighted by atomic mass is 10.0. The van der Waals surface area contributed by atoms with Crippen molar-refractivity contribution < 1.29 is 9.53 Å². The normalized spacial score (nSPS) is 19.2. The lowest BCUT2D eigenvalue weighted by Gasteiger charge is -2.29. The van der Waals surface area contributed by atoms with E-state index in [1.807, 2.05) is 12.1 Å². The zero-order valence-electron chi connectivity index (χ0n) is 16.9. The third-order valence-corrected chi connectivity index (χ3v) is 7.20. The second kappa shape index (κ2) is 8.98. The smallest absolute Gasteiger partial charge is 0.239 e. The third-order valence-electron chi connectivity index (χ3n) is 6.00. The SMILES string of the molecule is COc1ccc([C@H]2CCCCCN2CC(=O)Nc2sc3c(c2C#N)CCC3)cc1. The molecule has 1 aliphatic carbocycles. The van der Waals surface area contributed by atoms with Gasteiger partial charge in [-0.2, -0.15) is 5.26 Å². The summed E-state index contributed by atoms with van der Waals surface area (Å²) in [5.41, 5.74) is 3.06. The minimum Gasteiger partial charge on any atom is -0.497 e. The largest absolute Gasteiger partial charge is 0.497 e. The summed E-state index contributed by atoms with van der Waals surface area (Å²) in [7, 11) is 1.67. The van der Waals surface area contributed by atoms with Gasteiger partial charge in [0.1, 0.15) is 16.8 Å². The molecule has 1 aromatic carbocycles. The number of fused-ring (bicyclic) bond motifs is 1. The van der Waals surface area contributed by atoms with Crippen molar-refractivity contribution in [2.45, 2.75) is 51.0 Å². The number of carbonyl (C=O) groups is 1. The van der Waals surface area contributed by atoms with Crippen LogP contribution in [0.1, 0.15) is 59.7 Å². The summed E-state index contributed by atoms with van der Waals surface area (Å²) in [4.78, 5) is 16.4. The highest BCUT2D eigenvalue weighted by atomic mass is 32.1. The molecule has 2 heterocycles. The molecule has 152 valence electrons. The van der Waals surface area contributed by atoms with E-state index in [1.165, 1.54) is 23.3 Å². The lowest BCUT2D eigenvalue weighted by molar-refractivity contribution is -0.117. The monoisotopic (exact) mass is 409 g/mol. The average Bonchev–Trinajstić information content (AvgIpc) is 3.22. The van der Waals surface area contributed by atoms with E-state index >= 15 is 0 Å². The Hall–Kier alpha value is -2.36. The molecule has 1 aliphatic heterocycles. The van der Waals surface area contributed by atoms with Crippen molar-refractivity contribution in [2.75, 3.05) is 25.5 Å². The molecule has 0 saturated carbocycles. The predicted molar refractivity (Wildman–Crippen MR) is 115 cm³/mol. The summed E-state index contributed by atoms with van der Waals surface area (Å²) in [5.74, 6) is 0.822. The molecule has 0 radical (unpaired) electrons. The highest BCUT2D eigenvalue weighted by Crippen LogP contribution is 2.38. The van der Waals surface area contributed by atoms with Crippen LogP contribution in [0.15, 0.2) is 24.3 Å². The molecular formula is C23H27N3O2S. The maximum Gasteiger partial charge on any atom is 0.239 e. The molecule has 1 saturated heterocycles. The van der Waals surface area contributed by atoms with Crippen molar-refractivity contribution in [3.63, 3.8) is 0 Å². The molecule has 5 nitrogen and oxygen atoms in total. The van der Waals surface area contributed by atoms with Gasteiger partial charge in [-0.25, -0.2) is 0 Å². The van der Waals surface area contributed by atoms with Crippen LogP contribution in [0.2, 0.25) is 0 Å². The van der Waals surface area contributed by atoms with Crippen LogP contribution >= 0.6 is 11.3 Å². The van der Waals surface area contributed by atoms with Crippen molar-refractivity contribution >= 4 is 22.2 Å².